The van der Waals surface area contributed by atoms with Crippen LogP contribution in [0.2, 0.25) is 0 Å². The number of hydrogen-bond donors (Lipinski definition) is 0. The Morgan fingerprint density at radius 1 is 0.750 bits per heavy atom. The number of methoxy groups -OCH3 is 2. The van der Waals surface area contributed by atoms with E-state index in [1.54, 1.807) is 14.2 Å². The molecule has 0 aliphatic rings. The van der Waals surface area contributed by atoms with Gasteiger partial charge in [-0.1, -0.05) is 24.3 Å². The van der Waals surface area contributed by atoms with Gasteiger partial charge in [-0.25, -0.2) is 0 Å². The molecule has 102 valence electrons. The molecule has 0 saturated carbocycles. The van der Waals surface area contributed by atoms with Crippen LogP contribution in [-0.2, 0) is 0 Å². The van der Waals surface area contributed by atoms with Gasteiger partial charge in [0.15, 0.2) is 0 Å². The van der Waals surface area contributed by atoms with E-state index in [1.165, 1.54) is 0 Å². The van der Waals surface area contributed by atoms with E-state index in [0.29, 0.717) is 0 Å². The van der Waals surface area contributed by atoms with Crippen LogP contribution in [0.15, 0.2) is 48.5 Å². The Bertz CT molecular complexity index is 457. The third kappa shape index (κ3) is 4.79. The molecule has 0 bridgehead atoms. The Labute approximate surface area is 142 Å². The number of benzene rings is 2. The summed E-state index contributed by atoms with van der Waals surface area (Å²) in [6.45, 7) is 0. The quantitative estimate of drug-likeness (QED) is 0.485. The van der Waals surface area contributed by atoms with Gasteiger partial charge >= 0.3 is 23.1 Å². The van der Waals surface area contributed by atoms with Crippen LogP contribution < -0.4 is 37.4 Å². The van der Waals surface area contributed by atoms with Crippen molar-refractivity contribution in [3.05, 3.63) is 48.5 Å². The van der Waals surface area contributed by atoms with Crippen LogP contribution in [0.1, 0.15) is 0 Å². The zero-order valence-electron chi connectivity index (χ0n) is 11.4. The monoisotopic (exact) mass is 320 g/mol. The Hall–Kier alpha value is -0.514. The fourth-order valence-corrected chi connectivity index (χ4v) is 2.72. The maximum absolute atomic E-state index is 12.3. The molecule has 2 aromatic rings. The van der Waals surface area contributed by atoms with Crippen molar-refractivity contribution in [1.82, 2.24) is 0 Å². The van der Waals surface area contributed by atoms with Gasteiger partial charge in [-0.05, 0) is 34.9 Å². The molecule has 0 aliphatic heterocycles. The topological polar surface area (TPSA) is 41.5 Å². The Kier molecular flexibility index (Phi) is 9.19. The van der Waals surface area contributed by atoms with Crippen molar-refractivity contribution < 1.29 is 26.8 Å². The summed E-state index contributed by atoms with van der Waals surface area (Å²) in [4.78, 5) is 12.3. The van der Waals surface area contributed by atoms with Crippen molar-refractivity contribution in [3.63, 3.8) is 0 Å². The second-order valence-corrected chi connectivity index (χ2v) is 5.31. The molecule has 2 aromatic carbocycles. The molecule has 0 N–H and O–H groups in total. The molecule has 20 heavy (non-hydrogen) atoms. The van der Waals surface area contributed by atoms with Gasteiger partial charge in [0.2, 0.25) is 0 Å². The molecule has 3 nitrogen and oxygen atoms in total. The van der Waals surface area contributed by atoms with Gasteiger partial charge in [-0.2, -0.15) is 0 Å². The minimum absolute atomic E-state index is 0. The van der Waals surface area contributed by atoms with Crippen molar-refractivity contribution in [1.29, 1.82) is 0 Å². The molecule has 2 rings (SSSR count). The smallest absolute Gasteiger partial charge is 1.00 e. The van der Waals surface area contributed by atoms with Gasteiger partial charge in [0.1, 0.15) is 11.5 Å². The molecule has 0 fully saturated rings. The summed E-state index contributed by atoms with van der Waals surface area (Å²) in [5.74, 6) is 1.52. The molecular formula is C14H14ClMgO3P. The first-order valence-electron chi connectivity index (χ1n) is 5.50. The summed E-state index contributed by atoms with van der Waals surface area (Å²) in [7, 11) is 1.65. The molecule has 0 atom stereocenters. The van der Waals surface area contributed by atoms with Crippen LogP contribution in [-0.4, -0.2) is 37.3 Å². The molecule has 0 amide bonds. The number of rotatable bonds is 4. The summed E-state index contributed by atoms with van der Waals surface area (Å²) in [5, 5.41) is 1.58. The third-order valence-electron chi connectivity index (χ3n) is 2.61. The Morgan fingerprint density at radius 2 is 1.05 bits per heavy atom. The number of ether oxygens (including phenoxy) is 2. The average Bonchev–Trinajstić information content (AvgIpc) is 2.47. The Morgan fingerprint density at radius 3 is 1.30 bits per heavy atom. The van der Waals surface area contributed by atoms with Crippen molar-refractivity contribution in [2.75, 3.05) is 14.2 Å². The second-order valence-electron chi connectivity index (χ2n) is 3.69. The van der Waals surface area contributed by atoms with E-state index >= 15 is 0 Å². The number of hydrogen-bond acceptors (Lipinski definition) is 3. The zero-order valence-corrected chi connectivity index (χ0v) is 14.4. The van der Waals surface area contributed by atoms with Crippen LogP contribution in [0.3, 0.4) is 0 Å². The van der Waals surface area contributed by atoms with Crippen LogP contribution >= 0.6 is 8.15 Å². The standard InChI is InChI=1S/C14H14O3P.ClH.Mg/c1-16-11-3-7-13(8-4-11)18(15)14-9-5-12(17-2)6-10-14;;/h3-10H,1-2H3;1H;/q-1;;+2/p-1. The first kappa shape index (κ1) is 19.5. The van der Waals surface area contributed by atoms with E-state index in [9.17, 15) is 4.89 Å². The molecule has 0 unspecified atom stereocenters. The fourth-order valence-electron chi connectivity index (χ4n) is 1.58. The molecule has 0 radical (unpaired) electrons. The van der Waals surface area contributed by atoms with Gasteiger partial charge in [0, 0.05) is 0 Å². The van der Waals surface area contributed by atoms with E-state index in [2.05, 4.69) is 0 Å². The largest absolute Gasteiger partial charge is 2.00 e. The van der Waals surface area contributed by atoms with Crippen LogP contribution in [0.5, 0.6) is 11.5 Å². The predicted octanol–water partition coefficient (Wildman–Crippen LogP) is -1.96. The SMILES string of the molecule is COc1ccc(P([O-])c2ccc(OC)cc2)cc1.[Cl-].[Mg+2]. The second kappa shape index (κ2) is 9.43. The van der Waals surface area contributed by atoms with Crippen molar-refractivity contribution >= 4 is 41.8 Å². The van der Waals surface area contributed by atoms with Crippen molar-refractivity contribution in [2.24, 2.45) is 0 Å². The molecule has 0 aromatic heterocycles. The molecule has 0 saturated heterocycles. The maximum atomic E-state index is 12.3. The number of halogens is 1. The summed E-state index contributed by atoms with van der Waals surface area (Å²) >= 11 is 0. The van der Waals surface area contributed by atoms with Gasteiger partial charge in [-0.3, -0.25) is 0 Å². The van der Waals surface area contributed by atoms with E-state index in [0.717, 1.165) is 22.1 Å². The third-order valence-corrected chi connectivity index (χ3v) is 4.15. The first-order valence-corrected chi connectivity index (χ1v) is 6.76. The van der Waals surface area contributed by atoms with E-state index in [1.807, 2.05) is 48.5 Å². The molecular weight excluding hydrogens is 307 g/mol. The maximum Gasteiger partial charge on any atom is 2.00 e. The van der Waals surface area contributed by atoms with Crippen LogP contribution in [0, 0.1) is 0 Å². The van der Waals surface area contributed by atoms with Gasteiger partial charge in [0.05, 0.1) is 14.2 Å². The van der Waals surface area contributed by atoms with Gasteiger partial charge in [-0.15, -0.1) is 8.15 Å². The van der Waals surface area contributed by atoms with E-state index < -0.39 is 8.15 Å². The van der Waals surface area contributed by atoms with Crippen molar-refractivity contribution in [3.8, 4) is 11.5 Å². The van der Waals surface area contributed by atoms with E-state index in [4.69, 9.17) is 9.47 Å². The zero-order chi connectivity index (χ0) is 13.0. The molecule has 0 heterocycles. The average molecular weight is 321 g/mol. The Balaban J connectivity index is 0.00000180. The molecule has 0 aliphatic carbocycles. The van der Waals surface area contributed by atoms with Gasteiger partial charge < -0.3 is 26.8 Å². The summed E-state index contributed by atoms with van der Waals surface area (Å²) in [5.41, 5.74) is 0. The van der Waals surface area contributed by atoms with Crippen LogP contribution in [0.4, 0.5) is 0 Å². The van der Waals surface area contributed by atoms with Crippen molar-refractivity contribution in [2.45, 2.75) is 0 Å². The van der Waals surface area contributed by atoms with Crippen LogP contribution in [0.25, 0.3) is 0 Å². The summed E-state index contributed by atoms with van der Waals surface area (Å²) < 4.78 is 10.1. The minimum Gasteiger partial charge on any atom is -1.00 e. The molecule has 6 heteroatoms. The predicted molar refractivity (Wildman–Crippen MR) is 77.9 cm³/mol. The first-order chi connectivity index (χ1) is 8.74. The van der Waals surface area contributed by atoms with Gasteiger partial charge in [0.25, 0.3) is 0 Å². The molecule has 0 spiro atoms. The fraction of sp³-hybridized carbons (Fsp3) is 0.143. The summed E-state index contributed by atoms with van der Waals surface area (Å²) in [6, 6.07) is 14.5. The normalized spacial score (nSPS) is 9.40. The van der Waals surface area contributed by atoms with E-state index in [-0.39, 0.29) is 35.5 Å². The summed E-state index contributed by atoms with van der Waals surface area (Å²) in [6.07, 6.45) is 0. The minimum atomic E-state index is -1.57.